The zero-order chi connectivity index (χ0) is 78.7. The summed E-state index contributed by atoms with van der Waals surface area (Å²) in [5, 5.41) is 74.4. The number of phenols is 1. The number of benzene rings is 2. The molecule has 2 bridgehead atoms. The number of carbonyl (C=O) groups is 14. The number of esters is 1. The molecule has 1 saturated heterocycles. The number of carbonyl (C=O) groups excluding carboxylic acids is 12. The fourth-order valence-electron chi connectivity index (χ4n) is 12.4. The lowest BCUT2D eigenvalue weighted by atomic mass is 10.00. The predicted octanol–water partition coefficient (Wildman–Crippen LogP) is 1.58. The van der Waals surface area contributed by atoms with Gasteiger partial charge in [0.05, 0.1) is 18.6 Å². The van der Waals surface area contributed by atoms with Crippen LogP contribution in [-0.2, 0) is 80.0 Å². The van der Waals surface area contributed by atoms with Gasteiger partial charge in [-0.1, -0.05) is 130 Å². The summed E-state index contributed by atoms with van der Waals surface area (Å²) in [6.45, 7) is 11.7. The van der Waals surface area contributed by atoms with E-state index < -0.39 is 219 Å². The summed E-state index contributed by atoms with van der Waals surface area (Å²) in [4.78, 5) is 196. The lowest BCUT2D eigenvalue weighted by Gasteiger charge is -2.32. The van der Waals surface area contributed by atoms with Gasteiger partial charge in [-0.3, -0.25) is 62.3 Å². The maximum atomic E-state index is 14.9. The van der Waals surface area contributed by atoms with Crippen LogP contribution in [0.2, 0.25) is 0 Å². The molecule has 12 atom stereocenters. The topological polar surface area (TPSA) is 513 Å². The van der Waals surface area contributed by atoms with Crippen molar-refractivity contribution in [3.63, 3.8) is 0 Å². The molecule has 106 heavy (non-hydrogen) atoms. The lowest BCUT2D eigenvalue weighted by Crippen LogP contribution is -2.62. The highest BCUT2D eigenvalue weighted by Gasteiger charge is 2.42. The molecule has 2 aromatic carbocycles. The van der Waals surface area contributed by atoms with Gasteiger partial charge in [-0.05, 0) is 118 Å². The Bertz CT molecular complexity index is 3260. The largest absolute Gasteiger partial charge is 0.508 e. The molecule has 0 spiro atoms. The Morgan fingerprint density at radius 2 is 1.09 bits per heavy atom. The maximum absolute atomic E-state index is 14.9. The molecule has 18 N–H and O–H groups in total. The third-order valence-electron chi connectivity index (χ3n) is 18.5. The minimum atomic E-state index is -1.99. The zero-order valence-corrected chi connectivity index (χ0v) is 62.1. The molecule has 1 unspecified atom stereocenters. The number of nitrogens with zero attached hydrogens (tertiary/aromatic N) is 1. The first kappa shape index (κ1) is 89.1. The molecule has 0 aliphatic carbocycles. The van der Waals surface area contributed by atoms with Crippen molar-refractivity contribution in [2.45, 2.75) is 275 Å². The van der Waals surface area contributed by atoms with Crippen molar-refractivity contribution in [3.05, 3.63) is 59.7 Å². The van der Waals surface area contributed by atoms with Gasteiger partial charge in [0.15, 0.2) is 0 Å². The molecule has 0 aromatic heterocycles. The predicted molar refractivity (Wildman–Crippen MR) is 388 cm³/mol. The van der Waals surface area contributed by atoms with E-state index in [0.717, 1.165) is 43.9 Å². The summed E-state index contributed by atoms with van der Waals surface area (Å²) in [6.07, 6.45) is 3.75. The summed E-state index contributed by atoms with van der Waals surface area (Å²) in [5.41, 5.74) is 12.0. The van der Waals surface area contributed by atoms with Crippen molar-refractivity contribution in [2.75, 3.05) is 13.1 Å². The second-order valence-electron chi connectivity index (χ2n) is 28.8. The molecule has 3 heterocycles. The van der Waals surface area contributed by atoms with Gasteiger partial charge in [0, 0.05) is 38.6 Å². The fourth-order valence-corrected chi connectivity index (χ4v) is 12.4. The number of rotatable bonds is 36. The molecule has 590 valence electrons. The van der Waals surface area contributed by atoms with Crippen molar-refractivity contribution in [1.29, 1.82) is 0 Å². The van der Waals surface area contributed by atoms with E-state index in [4.69, 9.17) is 16.2 Å². The number of aromatic hydroxyl groups is 1. The van der Waals surface area contributed by atoms with Crippen LogP contribution in [-0.4, -0.2) is 199 Å². The van der Waals surface area contributed by atoms with E-state index in [1.54, 1.807) is 27.7 Å². The van der Waals surface area contributed by atoms with Crippen LogP contribution in [0.3, 0.4) is 0 Å². The highest BCUT2D eigenvalue weighted by Crippen LogP contribution is 2.24. The number of hydrogen-bond donors (Lipinski definition) is 16. The summed E-state index contributed by atoms with van der Waals surface area (Å²) < 4.78 is 5.77. The third-order valence-corrected chi connectivity index (χ3v) is 18.5. The first-order valence-electron chi connectivity index (χ1n) is 37.1. The Balaban J connectivity index is 1.75. The molecule has 2 aromatic rings. The molecular weight excluding hydrogens is 1380 g/mol. The quantitative estimate of drug-likeness (QED) is 0.0199. The Morgan fingerprint density at radius 1 is 0.566 bits per heavy atom. The number of aliphatic carboxylic acids is 2. The van der Waals surface area contributed by atoms with Crippen LogP contribution in [0.15, 0.2) is 48.5 Å². The first-order valence-corrected chi connectivity index (χ1v) is 37.1. The fraction of sp³-hybridized carbons (Fsp3) is 0.649. The SMILES string of the molecule is CC(C)CCCCCCCCCCCC(O)CC(=O)N[C@@H](CCC(=O)O)C(=O)N[C@H](CCCN)C(=O)N[C@H]1Cc2ccc(cc2)OC(=O)[C@H](C(C)C)NC(=O)[C@@H](Cc2ccc(O)cc2)NC(=O)[C@H](CCC(N)=O)NC(=O)[C@@H]2CCCN2C(=O)[C@@H](C(C)C)NC(=O)[C@H](CCC(=O)O)NC(=O)[C@@H]([C@@H](C)O)NC1=O. The number of aliphatic hydroxyl groups is 2. The minimum Gasteiger partial charge on any atom is -0.508 e. The molecule has 3 aliphatic rings. The van der Waals surface area contributed by atoms with E-state index in [2.05, 4.69) is 61.7 Å². The molecule has 5 rings (SSSR count). The van der Waals surface area contributed by atoms with Gasteiger partial charge in [-0.2, -0.15) is 0 Å². The van der Waals surface area contributed by atoms with Gasteiger partial charge in [0.1, 0.15) is 71.9 Å². The summed E-state index contributed by atoms with van der Waals surface area (Å²) in [7, 11) is 0. The molecule has 3 aliphatic heterocycles. The van der Waals surface area contributed by atoms with E-state index in [9.17, 15) is 92.7 Å². The number of ether oxygens (including phenoxy) is 1. The number of fused-ring (bicyclic) bond motifs is 23. The second-order valence-corrected chi connectivity index (χ2v) is 28.8. The highest BCUT2D eigenvalue weighted by molar-refractivity contribution is 6.00. The Kier molecular flexibility index (Phi) is 38.6. The van der Waals surface area contributed by atoms with Crippen LogP contribution in [0.4, 0.5) is 0 Å². The van der Waals surface area contributed by atoms with Crippen molar-refractivity contribution >= 4 is 82.9 Å². The van der Waals surface area contributed by atoms with Crippen molar-refractivity contribution in [1.82, 2.24) is 52.8 Å². The van der Waals surface area contributed by atoms with E-state index in [1.165, 1.54) is 74.2 Å². The van der Waals surface area contributed by atoms with Gasteiger partial charge in [-0.25, -0.2) is 4.79 Å². The average Bonchev–Trinajstić information content (AvgIpc) is 1.56. The second kappa shape index (κ2) is 45.9. The van der Waals surface area contributed by atoms with Crippen molar-refractivity contribution in [3.8, 4) is 11.5 Å². The van der Waals surface area contributed by atoms with Gasteiger partial charge in [-0.15, -0.1) is 0 Å². The first-order chi connectivity index (χ1) is 50.2. The van der Waals surface area contributed by atoms with Gasteiger partial charge in [0.2, 0.25) is 65.0 Å². The standard InChI is InChI=1S/C74H114N12O20/c1-42(2)19-15-13-11-9-8-10-12-14-16-20-49(89)41-59(91)77-52(32-35-60(92)93)66(97)78-51(21-17-37-75)65(96)81-56-40-47-25-29-50(30-26-47)106-74(105)63(44(5)6)84-69(100)55(39-46-23-27-48(88)28-24-46)82-67(98)53(31-34-58(76)90)79-71(102)57-22-18-38-86(57)73(104)62(43(3)4)83-68(99)54(33-36-61(94)95)80-72(103)64(45(7)87)85-70(56)101/h23-30,42-45,49,51-57,62-64,87-89H,8-22,31-41,75H2,1-7H3,(H2,76,90)(H,77,91)(H,78,97)(H,79,102)(H,80,103)(H,81,96)(H,82,98)(H,83,99)(H,84,100)(H,85,101)(H,92,93)(H,94,95)/t45-,49?,51-,52+,53+,54+,55-,56+,57+,62-,63+,64-/m1/s1. The lowest BCUT2D eigenvalue weighted by molar-refractivity contribution is -0.144. The van der Waals surface area contributed by atoms with Crippen molar-refractivity contribution < 1.29 is 97.4 Å². The minimum absolute atomic E-state index is 0.0237. The van der Waals surface area contributed by atoms with E-state index in [-0.39, 0.29) is 62.3 Å². The third kappa shape index (κ3) is 31.8. The Morgan fingerprint density at radius 3 is 1.66 bits per heavy atom. The number of amides is 11. The van der Waals surface area contributed by atoms with Gasteiger partial charge < -0.3 is 94.5 Å². The van der Waals surface area contributed by atoms with Gasteiger partial charge >= 0.3 is 17.9 Å². The Labute approximate surface area is 619 Å². The van der Waals surface area contributed by atoms with Crippen LogP contribution in [0, 0.1) is 17.8 Å². The summed E-state index contributed by atoms with van der Waals surface area (Å²) in [6, 6.07) is -4.95. The van der Waals surface area contributed by atoms with Crippen LogP contribution in [0.25, 0.3) is 0 Å². The number of primary amides is 1. The van der Waals surface area contributed by atoms with Crippen LogP contribution in [0.1, 0.15) is 201 Å². The molecule has 0 radical (unpaired) electrons. The zero-order valence-electron chi connectivity index (χ0n) is 62.1. The molecule has 1 fully saturated rings. The molecule has 32 nitrogen and oxygen atoms in total. The normalized spacial score (nSPS) is 21.6. The number of carboxylic acid groups (broad SMARTS) is 2. The van der Waals surface area contributed by atoms with E-state index >= 15 is 0 Å². The number of carboxylic acids is 2. The van der Waals surface area contributed by atoms with Crippen LogP contribution in [0.5, 0.6) is 11.5 Å². The Hall–Kier alpha value is -9.30. The van der Waals surface area contributed by atoms with E-state index in [0.29, 0.717) is 24.3 Å². The van der Waals surface area contributed by atoms with Crippen LogP contribution >= 0.6 is 0 Å². The summed E-state index contributed by atoms with van der Waals surface area (Å²) >= 11 is 0. The average molecular weight is 1490 g/mol. The number of unbranched alkanes of at least 4 members (excludes halogenated alkanes) is 8. The number of nitrogens with two attached hydrogens (primary N) is 2. The number of aliphatic hydroxyl groups excluding tert-OH is 2. The number of phenolic OH excluding ortho intramolecular Hbond substituents is 1. The van der Waals surface area contributed by atoms with Gasteiger partial charge in [0.25, 0.3) is 0 Å². The molecule has 11 amide bonds. The summed E-state index contributed by atoms with van der Waals surface area (Å²) in [5.74, 6) is -15.5. The molecule has 32 heteroatoms. The van der Waals surface area contributed by atoms with E-state index in [1.807, 2.05) is 0 Å². The van der Waals surface area contributed by atoms with Crippen molar-refractivity contribution in [2.24, 2.45) is 29.2 Å². The molecule has 0 saturated carbocycles. The number of hydrogen-bond acceptors (Lipinski definition) is 19. The highest BCUT2D eigenvalue weighted by atomic mass is 16.5. The maximum Gasteiger partial charge on any atom is 0.334 e. The monoisotopic (exact) mass is 1490 g/mol. The number of nitrogens with one attached hydrogen (secondary N) is 9. The smallest absolute Gasteiger partial charge is 0.334 e. The van der Waals surface area contributed by atoms with Crippen LogP contribution < -0.4 is 64.1 Å². The molecular formula is C74H114N12O20.